The van der Waals surface area contributed by atoms with Crippen LogP contribution in [-0.4, -0.2) is 79.5 Å². The van der Waals surface area contributed by atoms with Crippen molar-refractivity contribution in [1.29, 1.82) is 0 Å². The van der Waals surface area contributed by atoms with Gasteiger partial charge in [-0.15, -0.1) is 0 Å². The van der Waals surface area contributed by atoms with Gasteiger partial charge in [0.05, 0.1) is 7.11 Å². The Bertz CT molecular complexity index is 1280. The number of hydrogen-bond donors (Lipinski definition) is 4. The molecule has 10 heteroatoms. The molecule has 10 nitrogen and oxygen atoms in total. The lowest BCUT2D eigenvalue weighted by Crippen LogP contribution is -2.38. The summed E-state index contributed by atoms with van der Waals surface area (Å²) >= 11 is 0. The summed E-state index contributed by atoms with van der Waals surface area (Å²) in [5, 5.41) is 5.54. The molecule has 1 aromatic heterocycles. The molecule has 3 aromatic rings. The van der Waals surface area contributed by atoms with Crippen LogP contribution in [0.15, 0.2) is 54.9 Å². The van der Waals surface area contributed by atoms with E-state index in [1.54, 1.807) is 32.3 Å². The highest BCUT2D eigenvalue weighted by Gasteiger charge is 2.17. The highest BCUT2D eigenvalue weighted by molar-refractivity contribution is 6.03. The second-order valence-corrected chi connectivity index (χ2v) is 9.59. The van der Waals surface area contributed by atoms with Gasteiger partial charge in [-0.2, -0.15) is 0 Å². The minimum Gasteiger partial charge on any atom is -0.496 e. The second kappa shape index (κ2) is 14.1. The summed E-state index contributed by atoms with van der Waals surface area (Å²) < 4.78 is 5.56. The number of H-pyrrole nitrogens is 1. The first-order valence-electron chi connectivity index (χ1n) is 13.2. The summed E-state index contributed by atoms with van der Waals surface area (Å²) in [4.78, 5) is 30.6. The van der Waals surface area contributed by atoms with Crippen LogP contribution < -0.4 is 21.6 Å². The number of anilines is 1. The Hall–Kier alpha value is -4.18. The van der Waals surface area contributed by atoms with Crippen LogP contribution in [-0.2, 0) is 4.79 Å². The van der Waals surface area contributed by atoms with Gasteiger partial charge in [0, 0.05) is 87.8 Å². The smallest absolute Gasteiger partial charge is 0.269 e. The fourth-order valence-corrected chi connectivity index (χ4v) is 4.53. The first kappa shape index (κ1) is 29.4. The maximum absolute atomic E-state index is 12.2. The van der Waals surface area contributed by atoms with Crippen molar-refractivity contribution in [2.24, 2.45) is 11.6 Å². The predicted octanol–water partition coefficient (Wildman–Crippen LogP) is 3.58. The summed E-state index contributed by atoms with van der Waals surface area (Å²) in [5.74, 6) is 6.49. The molecule has 0 radical (unpaired) electrons. The number of carbonyl (C=O) groups is 2. The van der Waals surface area contributed by atoms with Crippen LogP contribution in [0.1, 0.15) is 36.2 Å². The number of piperidine rings is 1. The van der Waals surface area contributed by atoms with Crippen molar-refractivity contribution >= 4 is 28.4 Å². The average molecular weight is 536 g/mol. The number of benzene rings is 2. The fraction of sp³-hybridized carbons (Fsp3) is 0.379. The number of aromatic nitrogens is 1. The molecule has 0 bridgehead atoms. The van der Waals surface area contributed by atoms with E-state index in [1.165, 1.54) is 17.6 Å². The number of nitrogens with two attached hydrogens (primary N) is 2. The third-order valence-corrected chi connectivity index (χ3v) is 6.65. The van der Waals surface area contributed by atoms with Crippen molar-refractivity contribution in [3.8, 4) is 16.9 Å². The second-order valence-electron chi connectivity index (χ2n) is 9.59. The molecular weight excluding hydrogens is 494 g/mol. The van der Waals surface area contributed by atoms with Crippen LogP contribution in [0.25, 0.3) is 22.0 Å². The average Bonchev–Trinajstić information content (AvgIpc) is 3.40. The van der Waals surface area contributed by atoms with Gasteiger partial charge in [-0.3, -0.25) is 9.59 Å². The van der Waals surface area contributed by atoms with Crippen LogP contribution in [0.5, 0.6) is 5.75 Å². The lowest BCUT2D eigenvalue weighted by molar-refractivity contribution is -0.132. The predicted molar refractivity (Wildman–Crippen MR) is 157 cm³/mol. The molecule has 1 aliphatic rings. The normalized spacial score (nSPS) is 13.1. The van der Waals surface area contributed by atoms with Gasteiger partial charge < -0.3 is 35.6 Å². The Balaban J connectivity index is 0.000000242. The molecule has 1 saturated heterocycles. The number of methoxy groups -OCH3 is 1. The zero-order valence-corrected chi connectivity index (χ0v) is 23.4. The zero-order chi connectivity index (χ0) is 28.4. The molecule has 1 fully saturated rings. The summed E-state index contributed by atoms with van der Waals surface area (Å²) in [7, 11) is 7.03. The van der Waals surface area contributed by atoms with Crippen molar-refractivity contribution in [2.45, 2.75) is 25.7 Å². The largest absolute Gasteiger partial charge is 0.496 e. The Kier molecular flexibility index (Phi) is 10.6. The molecule has 2 aromatic carbocycles. The van der Waals surface area contributed by atoms with E-state index in [9.17, 15) is 9.59 Å². The third-order valence-electron chi connectivity index (χ3n) is 6.65. The molecule has 4 rings (SSSR count). The van der Waals surface area contributed by atoms with Gasteiger partial charge in [0.2, 0.25) is 5.91 Å². The molecule has 0 aliphatic carbocycles. The van der Waals surface area contributed by atoms with E-state index in [4.69, 9.17) is 16.3 Å². The molecule has 210 valence electrons. The fourth-order valence-electron chi connectivity index (χ4n) is 4.53. The topological polar surface area (TPSA) is 133 Å². The Morgan fingerprint density at radius 2 is 1.85 bits per heavy atom. The van der Waals surface area contributed by atoms with Crippen LogP contribution in [0.3, 0.4) is 0 Å². The van der Waals surface area contributed by atoms with Crippen molar-refractivity contribution < 1.29 is 14.3 Å². The monoisotopic (exact) mass is 535 g/mol. The van der Waals surface area contributed by atoms with Crippen LogP contribution in [0.4, 0.5) is 5.69 Å². The Labute approximate surface area is 230 Å². The number of hydrazine groups is 1. The molecular formula is C29H41N7O3. The van der Waals surface area contributed by atoms with Crippen molar-refractivity contribution in [1.82, 2.24) is 19.8 Å². The number of nitrogens with zero attached hydrogens (tertiary/aromatic N) is 3. The van der Waals surface area contributed by atoms with E-state index >= 15 is 0 Å². The molecule has 0 unspecified atom stereocenters. The number of nitrogens with one attached hydrogen (secondary N) is 2. The number of fused-ring (bicyclic) bond motifs is 1. The van der Waals surface area contributed by atoms with Gasteiger partial charge in [-0.1, -0.05) is 12.1 Å². The standard InChI is InChI=1S/C19H21N3O2.C10H20N4O/c1-20-12-8-9-14(18(10-12)24-4)13-6-5-7-16-15(13)11-17(21-16)19(23)22(2)3;11-5-9-14(12)8-4-10(15)13-6-2-1-3-7-13/h5-11,20-21H,1-4H3;5,9H,1-4,6-8,11-12H2/b;9-5-. The summed E-state index contributed by atoms with van der Waals surface area (Å²) in [6.45, 7) is 2.31. The first-order chi connectivity index (χ1) is 18.8. The van der Waals surface area contributed by atoms with Gasteiger partial charge >= 0.3 is 0 Å². The van der Waals surface area contributed by atoms with E-state index in [0.29, 0.717) is 18.7 Å². The number of amides is 2. The molecule has 2 heterocycles. The molecule has 0 atom stereocenters. The number of hydrogen-bond acceptors (Lipinski definition) is 7. The van der Waals surface area contributed by atoms with Crippen LogP contribution in [0.2, 0.25) is 0 Å². The number of carbonyl (C=O) groups excluding carboxylic acids is 2. The summed E-state index contributed by atoms with van der Waals surface area (Å²) in [6, 6.07) is 13.9. The van der Waals surface area contributed by atoms with Gasteiger partial charge in [-0.25, -0.2) is 5.84 Å². The van der Waals surface area contributed by atoms with E-state index in [2.05, 4.69) is 10.3 Å². The first-order valence-corrected chi connectivity index (χ1v) is 13.2. The molecule has 2 amide bonds. The van der Waals surface area contributed by atoms with E-state index in [1.807, 2.05) is 54.4 Å². The minimum atomic E-state index is -0.0466. The van der Waals surface area contributed by atoms with Gasteiger partial charge in [0.1, 0.15) is 11.4 Å². The number of ether oxygens (including phenoxy) is 1. The quantitative estimate of drug-likeness (QED) is 0.256. The van der Waals surface area contributed by atoms with Gasteiger partial charge in [0.15, 0.2) is 0 Å². The maximum Gasteiger partial charge on any atom is 0.269 e. The highest BCUT2D eigenvalue weighted by Crippen LogP contribution is 2.37. The SMILES string of the molecule is CNc1ccc(-c2cccc3[nH]c(C(=O)N(C)C)cc23)c(OC)c1.N/C=C\N(N)CCC(=O)N1CCCCC1. The van der Waals surface area contributed by atoms with Crippen LogP contribution >= 0.6 is 0 Å². The molecule has 39 heavy (non-hydrogen) atoms. The number of aromatic amines is 1. The van der Waals surface area contributed by atoms with E-state index in [-0.39, 0.29) is 11.8 Å². The van der Waals surface area contributed by atoms with Gasteiger partial charge in [0.25, 0.3) is 5.91 Å². The Morgan fingerprint density at radius 3 is 2.49 bits per heavy atom. The lowest BCUT2D eigenvalue weighted by Gasteiger charge is -2.27. The van der Waals surface area contributed by atoms with Crippen molar-refractivity contribution in [3.05, 3.63) is 60.6 Å². The Morgan fingerprint density at radius 1 is 1.10 bits per heavy atom. The number of rotatable bonds is 8. The number of likely N-dealkylation sites (tertiary alicyclic amines) is 1. The van der Waals surface area contributed by atoms with Crippen LogP contribution in [0, 0.1) is 0 Å². The molecule has 1 aliphatic heterocycles. The van der Waals surface area contributed by atoms with E-state index < -0.39 is 0 Å². The van der Waals surface area contributed by atoms with Crippen molar-refractivity contribution in [2.75, 3.05) is 53.2 Å². The summed E-state index contributed by atoms with van der Waals surface area (Å²) in [6.07, 6.45) is 6.87. The highest BCUT2D eigenvalue weighted by atomic mass is 16.5. The minimum absolute atomic E-state index is 0.0466. The van der Waals surface area contributed by atoms with Crippen molar-refractivity contribution in [3.63, 3.8) is 0 Å². The van der Waals surface area contributed by atoms with E-state index in [0.717, 1.165) is 59.4 Å². The maximum atomic E-state index is 12.2. The summed E-state index contributed by atoms with van der Waals surface area (Å²) in [5.41, 5.74) is 9.69. The van der Waals surface area contributed by atoms with Gasteiger partial charge in [-0.05, 0) is 49.1 Å². The molecule has 0 spiro atoms. The molecule has 0 saturated carbocycles. The zero-order valence-electron chi connectivity index (χ0n) is 23.4. The lowest BCUT2D eigenvalue weighted by atomic mass is 10.00. The molecule has 6 N–H and O–H groups in total. The third kappa shape index (κ3) is 7.67.